The molecule has 1 aromatic carbocycles. The van der Waals surface area contributed by atoms with Crippen LogP contribution >= 0.6 is 31.9 Å². The summed E-state index contributed by atoms with van der Waals surface area (Å²) in [5.74, 6) is -0.0697. The third kappa shape index (κ3) is 2.95. The van der Waals surface area contributed by atoms with Crippen LogP contribution in [0.5, 0.6) is 5.75 Å². The summed E-state index contributed by atoms with van der Waals surface area (Å²) in [6.07, 6.45) is 0.863. The number of halogens is 3. The Morgan fingerprint density at radius 2 is 2.08 bits per heavy atom. The molecule has 0 fully saturated rings. The van der Waals surface area contributed by atoms with Crippen LogP contribution in [0.4, 0.5) is 4.39 Å². The minimum Gasteiger partial charge on any atom is -0.489 e. The van der Waals surface area contributed by atoms with Gasteiger partial charge in [-0.1, -0.05) is 22.9 Å². The molecule has 13 heavy (non-hydrogen) atoms. The van der Waals surface area contributed by atoms with E-state index in [4.69, 9.17) is 4.74 Å². The zero-order chi connectivity index (χ0) is 9.84. The van der Waals surface area contributed by atoms with E-state index in [1.165, 1.54) is 6.07 Å². The molecule has 1 nitrogen and oxygen atoms in total. The molecule has 0 radical (unpaired) electrons. The van der Waals surface area contributed by atoms with Crippen LogP contribution in [0.25, 0.3) is 0 Å². The molecule has 0 aliphatic heterocycles. The highest BCUT2D eigenvalue weighted by Crippen LogP contribution is 2.31. The number of ether oxygens (including phenoxy) is 1. The quantitative estimate of drug-likeness (QED) is 0.815. The van der Waals surface area contributed by atoms with Gasteiger partial charge in [0, 0.05) is 4.47 Å². The first kappa shape index (κ1) is 11.0. The minimum atomic E-state index is -0.352. The van der Waals surface area contributed by atoms with Gasteiger partial charge in [0.25, 0.3) is 0 Å². The molecule has 0 atom stereocenters. The third-order valence-electron chi connectivity index (χ3n) is 1.41. The van der Waals surface area contributed by atoms with Gasteiger partial charge >= 0.3 is 0 Å². The van der Waals surface area contributed by atoms with E-state index in [1.54, 1.807) is 6.07 Å². The number of rotatable bonds is 3. The fourth-order valence-corrected chi connectivity index (χ4v) is 2.16. The average molecular weight is 312 g/mol. The summed E-state index contributed by atoms with van der Waals surface area (Å²) in [7, 11) is 0. The Hall–Kier alpha value is -0.0900. The van der Waals surface area contributed by atoms with Crippen molar-refractivity contribution in [3.63, 3.8) is 0 Å². The van der Waals surface area contributed by atoms with Gasteiger partial charge in [0.1, 0.15) is 0 Å². The maximum absolute atomic E-state index is 13.2. The van der Waals surface area contributed by atoms with E-state index < -0.39 is 0 Å². The molecule has 0 saturated carbocycles. The van der Waals surface area contributed by atoms with Crippen LogP contribution in [0, 0.1) is 5.82 Å². The fraction of sp³-hybridized carbons (Fsp3) is 0.333. The molecule has 4 heteroatoms. The molecule has 0 amide bonds. The monoisotopic (exact) mass is 310 g/mol. The van der Waals surface area contributed by atoms with Crippen molar-refractivity contribution in [2.24, 2.45) is 0 Å². The van der Waals surface area contributed by atoms with E-state index in [-0.39, 0.29) is 11.6 Å². The van der Waals surface area contributed by atoms with E-state index in [9.17, 15) is 4.39 Å². The Morgan fingerprint density at radius 3 is 2.62 bits per heavy atom. The van der Waals surface area contributed by atoms with Crippen molar-refractivity contribution in [1.82, 2.24) is 0 Å². The Morgan fingerprint density at radius 1 is 1.38 bits per heavy atom. The van der Waals surface area contributed by atoms with Gasteiger partial charge in [-0.15, -0.1) is 0 Å². The fourth-order valence-electron chi connectivity index (χ4n) is 0.871. The highest BCUT2D eigenvalue weighted by Gasteiger charge is 2.09. The summed E-state index contributed by atoms with van der Waals surface area (Å²) in [5.41, 5.74) is 0. The Kier molecular flexibility index (Phi) is 4.19. The molecule has 0 aliphatic carbocycles. The van der Waals surface area contributed by atoms with Crippen LogP contribution in [-0.2, 0) is 0 Å². The lowest BCUT2D eigenvalue weighted by Gasteiger charge is -2.08. The Balaban J connectivity index is 2.92. The first-order chi connectivity index (χ1) is 6.15. The summed E-state index contributed by atoms with van der Waals surface area (Å²) in [5, 5.41) is 0. The maximum Gasteiger partial charge on any atom is 0.169 e. The van der Waals surface area contributed by atoms with Crippen LogP contribution in [0.1, 0.15) is 13.3 Å². The molecule has 0 heterocycles. The van der Waals surface area contributed by atoms with Gasteiger partial charge in [-0.25, -0.2) is 4.39 Å². The Bertz CT molecular complexity index is 279. The molecule has 0 aliphatic rings. The molecule has 1 rings (SSSR count). The van der Waals surface area contributed by atoms with Gasteiger partial charge in [-0.3, -0.25) is 0 Å². The van der Waals surface area contributed by atoms with Crippen LogP contribution in [-0.4, -0.2) is 6.61 Å². The normalized spacial score (nSPS) is 10.2. The highest BCUT2D eigenvalue weighted by molar-refractivity contribution is 9.11. The van der Waals surface area contributed by atoms with Crippen molar-refractivity contribution >= 4 is 31.9 Å². The van der Waals surface area contributed by atoms with Crippen molar-refractivity contribution < 1.29 is 9.13 Å². The lowest BCUT2D eigenvalue weighted by molar-refractivity contribution is 0.299. The van der Waals surface area contributed by atoms with Gasteiger partial charge in [-0.05, 0) is 34.5 Å². The first-order valence-electron chi connectivity index (χ1n) is 3.92. The van der Waals surface area contributed by atoms with Crippen molar-refractivity contribution in [2.45, 2.75) is 13.3 Å². The highest BCUT2D eigenvalue weighted by atomic mass is 79.9. The zero-order valence-corrected chi connectivity index (χ0v) is 10.3. The first-order valence-corrected chi connectivity index (χ1v) is 5.51. The predicted molar refractivity (Wildman–Crippen MR) is 57.6 cm³/mol. The molecule has 0 saturated heterocycles. The average Bonchev–Trinajstić information content (AvgIpc) is 2.02. The van der Waals surface area contributed by atoms with Crippen LogP contribution in [0.3, 0.4) is 0 Å². The van der Waals surface area contributed by atoms with Crippen LogP contribution < -0.4 is 4.74 Å². The van der Waals surface area contributed by atoms with E-state index >= 15 is 0 Å². The van der Waals surface area contributed by atoms with E-state index in [2.05, 4.69) is 31.9 Å². The van der Waals surface area contributed by atoms with Gasteiger partial charge in [0.05, 0.1) is 11.1 Å². The standard InChI is InChI=1S/C9H9Br2FO/c1-2-3-13-9-7(11)4-6(10)5-8(9)12/h4-5H,2-3H2,1H3. The van der Waals surface area contributed by atoms with Gasteiger partial charge in [-0.2, -0.15) is 0 Å². The number of hydrogen-bond acceptors (Lipinski definition) is 1. The summed E-state index contributed by atoms with van der Waals surface area (Å²) in [6.45, 7) is 2.50. The lowest BCUT2D eigenvalue weighted by atomic mass is 10.3. The summed E-state index contributed by atoms with van der Waals surface area (Å²) >= 11 is 6.42. The number of hydrogen-bond donors (Lipinski definition) is 0. The zero-order valence-electron chi connectivity index (χ0n) is 7.11. The van der Waals surface area contributed by atoms with E-state index in [1.807, 2.05) is 6.92 Å². The molecular formula is C9H9Br2FO. The minimum absolute atomic E-state index is 0.282. The van der Waals surface area contributed by atoms with E-state index in [0.29, 0.717) is 15.6 Å². The molecule has 0 unspecified atom stereocenters. The lowest BCUT2D eigenvalue weighted by Crippen LogP contribution is -1.98. The summed E-state index contributed by atoms with van der Waals surface area (Å²) in [6, 6.07) is 3.14. The Labute approximate surface area is 93.5 Å². The van der Waals surface area contributed by atoms with Crippen molar-refractivity contribution in [3.05, 3.63) is 26.9 Å². The molecule has 72 valence electrons. The SMILES string of the molecule is CCCOc1c(F)cc(Br)cc1Br. The van der Waals surface area contributed by atoms with Crippen molar-refractivity contribution in [2.75, 3.05) is 6.61 Å². The molecule has 0 spiro atoms. The van der Waals surface area contributed by atoms with Gasteiger partial charge < -0.3 is 4.74 Å². The molecule has 0 aromatic heterocycles. The van der Waals surface area contributed by atoms with E-state index in [0.717, 1.165) is 6.42 Å². The third-order valence-corrected chi connectivity index (χ3v) is 2.46. The second-order valence-electron chi connectivity index (χ2n) is 2.55. The van der Waals surface area contributed by atoms with Gasteiger partial charge in [0.2, 0.25) is 0 Å². The number of benzene rings is 1. The van der Waals surface area contributed by atoms with Crippen molar-refractivity contribution in [1.29, 1.82) is 0 Å². The second-order valence-corrected chi connectivity index (χ2v) is 4.32. The molecule has 0 bridgehead atoms. The summed E-state index contributed by atoms with van der Waals surface area (Å²) in [4.78, 5) is 0. The summed E-state index contributed by atoms with van der Waals surface area (Å²) < 4.78 is 19.8. The van der Waals surface area contributed by atoms with Gasteiger partial charge in [0.15, 0.2) is 11.6 Å². The van der Waals surface area contributed by atoms with Crippen LogP contribution in [0.2, 0.25) is 0 Å². The predicted octanol–water partition coefficient (Wildman–Crippen LogP) is 4.14. The smallest absolute Gasteiger partial charge is 0.169 e. The maximum atomic E-state index is 13.2. The van der Waals surface area contributed by atoms with Crippen LogP contribution in [0.15, 0.2) is 21.1 Å². The topological polar surface area (TPSA) is 9.23 Å². The largest absolute Gasteiger partial charge is 0.489 e. The molecular weight excluding hydrogens is 303 g/mol. The molecule has 0 N–H and O–H groups in total. The molecule has 1 aromatic rings. The van der Waals surface area contributed by atoms with Crippen molar-refractivity contribution in [3.8, 4) is 5.75 Å². The second kappa shape index (κ2) is 4.96.